The van der Waals surface area contributed by atoms with E-state index < -0.39 is 28.5 Å². The van der Waals surface area contributed by atoms with Crippen LogP contribution in [0.15, 0.2) is 77.7 Å². The van der Waals surface area contributed by atoms with Gasteiger partial charge in [-0.05, 0) is 76.6 Å². The lowest BCUT2D eigenvalue weighted by atomic mass is 10.1. The zero-order valence-corrected chi connectivity index (χ0v) is 25.0. The van der Waals surface area contributed by atoms with E-state index >= 15 is 0 Å². The third-order valence-electron chi connectivity index (χ3n) is 6.16. The van der Waals surface area contributed by atoms with Crippen molar-refractivity contribution < 1.29 is 22.7 Å². The van der Waals surface area contributed by atoms with Crippen molar-refractivity contribution in [3.63, 3.8) is 0 Å². The lowest BCUT2D eigenvalue weighted by molar-refractivity contribution is -0.139. The highest BCUT2D eigenvalue weighted by atomic mass is 35.5. The van der Waals surface area contributed by atoms with Crippen LogP contribution >= 0.6 is 11.6 Å². The molecule has 2 amide bonds. The van der Waals surface area contributed by atoms with E-state index in [1.54, 1.807) is 74.5 Å². The van der Waals surface area contributed by atoms with E-state index in [1.807, 2.05) is 20.8 Å². The number of nitrogens with one attached hydrogen (secondary N) is 1. The molecule has 3 aromatic rings. The first-order chi connectivity index (χ1) is 18.9. The fourth-order valence-corrected chi connectivity index (χ4v) is 5.75. The molecular weight excluding hydrogens is 550 g/mol. The fourth-order valence-electron chi connectivity index (χ4n) is 4.11. The summed E-state index contributed by atoms with van der Waals surface area (Å²) in [5, 5.41) is 3.32. The summed E-state index contributed by atoms with van der Waals surface area (Å²) in [6, 6.07) is 19.0. The van der Waals surface area contributed by atoms with Crippen LogP contribution in [0.25, 0.3) is 0 Å². The zero-order chi connectivity index (χ0) is 29.4. The zero-order valence-electron chi connectivity index (χ0n) is 23.4. The molecule has 0 aliphatic carbocycles. The standard InChI is InChI=1S/C30H36ClN3O5S/c1-6-39-28-13-8-7-12-27(28)34(40(37,38)26-16-14-22(4)15-17-26)20-29(35)33(23(5)30(36)32-21(2)3)19-24-10-9-11-25(31)18-24/h7-18,21,23H,6,19-20H2,1-5H3,(H,32,36). The summed E-state index contributed by atoms with van der Waals surface area (Å²) in [5.74, 6) is -0.595. The van der Waals surface area contributed by atoms with Gasteiger partial charge in [-0.25, -0.2) is 8.42 Å². The summed E-state index contributed by atoms with van der Waals surface area (Å²) < 4.78 is 34.8. The fraction of sp³-hybridized carbons (Fsp3) is 0.333. The number of anilines is 1. The molecule has 1 atom stereocenters. The van der Waals surface area contributed by atoms with Crippen LogP contribution in [0, 0.1) is 6.92 Å². The summed E-state index contributed by atoms with van der Waals surface area (Å²) >= 11 is 6.18. The first-order valence-electron chi connectivity index (χ1n) is 13.1. The molecule has 0 aliphatic heterocycles. The Balaban J connectivity index is 2.09. The molecule has 0 saturated carbocycles. The monoisotopic (exact) mass is 585 g/mol. The van der Waals surface area contributed by atoms with Gasteiger partial charge in [0.25, 0.3) is 10.0 Å². The summed E-state index contributed by atoms with van der Waals surface area (Å²) in [4.78, 5) is 28.4. The van der Waals surface area contributed by atoms with Crippen molar-refractivity contribution in [2.24, 2.45) is 0 Å². The van der Waals surface area contributed by atoms with Crippen molar-refractivity contribution in [3.8, 4) is 5.75 Å². The molecule has 40 heavy (non-hydrogen) atoms. The van der Waals surface area contributed by atoms with E-state index in [0.717, 1.165) is 9.87 Å². The average molecular weight is 586 g/mol. The quantitative estimate of drug-likeness (QED) is 0.316. The molecule has 1 unspecified atom stereocenters. The minimum absolute atomic E-state index is 0.0317. The minimum atomic E-state index is -4.20. The number of para-hydroxylation sites is 2. The Bertz CT molecular complexity index is 1430. The van der Waals surface area contributed by atoms with Gasteiger partial charge in [0, 0.05) is 17.6 Å². The lowest BCUT2D eigenvalue weighted by Gasteiger charge is -2.32. The van der Waals surface area contributed by atoms with Gasteiger partial charge in [-0.2, -0.15) is 0 Å². The highest BCUT2D eigenvalue weighted by molar-refractivity contribution is 7.92. The second-order valence-electron chi connectivity index (χ2n) is 9.72. The third-order valence-corrected chi connectivity index (χ3v) is 8.17. The highest BCUT2D eigenvalue weighted by Gasteiger charge is 2.34. The lowest BCUT2D eigenvalue weighted by Crippen LogP contribution is -2.52. The van der Waals surface area contributed by atoms with Crippen LogP contribution in [0.4, 0.5) is 5.69 Å². The van der Waals surface area contributed by atoms with Crippen LogP contribution in [0.1, 0.15) is 38.8 Å². The molecule has 10 heteroatoms. The van der Waals surface area contributed by atoms with Gasteiger partial charge in [0.15, 0.2) is 0 Å². The van der Waals surface area contributed by atoms with Crippen LogP contribution < -0.4 is 14.4 Å². The number of benzene rings is 3. The number of sulfonamides is 1. The molecule has 1 N–H and O–H groups in total. The van der Waals surface area contributed by atoms with E-state index in [9.17, 15) is 18.0 Å². The molecule has 0 aliphatic rings. The van der Waals surface area contributed by atoms with Crippen LogP contribution in [-0.2, 0) is 26.2 Å². The molecule has 0 radical (unpaired) electrons. The Morgan fingerprint density at radius 1 is 0.975 bits per heavy atom. The predicted molar refractivity (Wildman–Crippen MR) is 158 cm³/mol. The SMILES string of the molecule is CCOc1ccccc1N(CC(=O)N(Cc1cccc(Cl)c1)C(C)C(=O)NC(C)C)S(=O)(=O)c1ccc(C)cc1. The Kier molecular flexibility index (Phi) is 10.6. The molecule has 0 heterocycles. The molecule has 0 spiro atoms. The summed E-state index contributed by atoms with van der Waals surface area (Å²) in [5.41, 5.74) is 1.82. The first kappa shape index (κ1) is 31.0. The van der Waals surface area contributed by atoms with Crippen LogP contribution in [-0.4, -0.2) is 50.4 Å². The maximum atomic E-state index is 14.0. The van der Waals surface area contributed by atoms with Crippen molar-refractivity contribution in [3.05, 3.63) is 88.9 Å². The Morgan fingerprint density at radius 3 is 2.27 bits per heavy atom. The van der Waals surface area contributed by atoms with E-state index in [0.29, 0.717) is 22.9 Å². The number of nitrogens with zero attached hydrogens (tertiary/aromatic N) is 2. The number of rotatable bonds is 12. The number of amides is 2. The maximum absolute atomic E-state index is 14.0. The summed E-state index contributed by atoms with van der Waals surface area (Å²) in [6.45, 7) is 8.73. The number of carbonyl (C=O) groups excluding carboxylic acids is 2. The van der Waals surface area contributed by atoms with Crippen LogP contribution in [0.2, 0.25) is 5.02 Å². The van der Waals surface area contributed by atoms with E-state index in [2.05, 4.69) is 5.32 Å². The van der Waals surface area contributed by atoms with Gasteiger partial charge in [0.05, 0.1) is 17.2 Å². The van der Waals surface area contributed by atoms with Gasteiger partial charge >= 0.3 is 0 Å². The first-order valence-corrected chi connectivity index (χ1v) is 14.9. The molecule has 3 rings (SSSR count). The Hall–Kier alpha value is -3.56. The minimum Gasteiger partial charge on any atom is -0.492 e. The largest absolute Gasteiger partial charge is 0.492 e. The van der Waals surface area contributed by atoms with Gasteiger partial charge in [0.1, 0.15) is 18.3 Å². The van der Waals surface area contributed by atoms with Crippen molar-refractivity contribution in [1.82, 2.24) is 10.2 Å². The molecule has 0 aromatic heterocycles. The summed E-state index contributed by atoms with van der Waals surface area (Å²) in [7, 11) is -4.20. The van der Waals surface area contributed by atoms with Crippen molar-refractivity contribution >= 4 is 39.1 Å². The van der Waals surface area contributed by atoms with Crippen LogP contribution in [0.3, 0.4) is 0 Å². The highest BCUT2D eigenvalue weighted by Crippen LogP contribution is 2.33. The van der Waals surface area contributed by atoms with E-state index in [-0.39, 0.29) is 29.1 Å². The predicted octanol–water partition coefficient (Wildman–Crippen LogP) is 5.18. The third kappa shape index (κ3) is 7.76. The number of halogens is 1. The second-order valence-corrected chi connectivity index (χ2v) is 12.0. The Morgan fingerprint density at radius 2 is 1.65 bits per heavy atom. The van der Waals surface area contributed by atoms with Crippen molar-refractivity contribution in [2.75, 3.05) is 17.5 Å². The Labute approximate surface area is 241 Å². The number of aryl methyl sites for hydroxylation is 1. The van der Waals surface area contributed by atoms with Crippen molar-refractivity contribution in [1.29, 1.82) is 0 Å². The molecule has 3 aromatic carbocycles. The number of ether oxygens (including phenoxy) is 1. The van der Waals surface area contributed by atoms with Gasteiger partial charge in [-0.1, -0.05) is 53.6 Å². The van der Waals surface area contributed by atoms with Gasteiger partial charge in [-0.15, -0.1) is 0 Å². The maximum Gasteiger partial charge on any atom is 0.264 e. The normalized spacial score (nSPS) is 12.1. The van der Waals surface area contributed by atoms with Gasteiger partial charge in [0.2, 0.25) is 11.8 Å². The van der Waals surface area contributed by atoms with Crippen LogP contribution in [0.5, 0.6) is 5.75 Å². The molecule has 8 nitrogen and oxygen atoms in total. The molecule has 0 bridgehead atoms. The molecule has 0 fully saturated rings. The smallest absolute Gasteiger partial charge is 0.264 e. The number of hydrogen-bond donors (Lipinski definition) is 1. The van der Waals surface area contributed by atoms with E-state index in [1.165, 1.54) is 17.0 Å². The number of carbonyl (C=O) groups is 2. The second kappa shape index (κ2) is 13.7. The molecular formula is C30H36ClN3O5S. The molecule has 0 saturated heterocycles. The van der Waals surface area contributed by atoms with Crippen molar-refractivity contribution in [2.45, 2.75) is 58.1 Å². The number of hydrogen-bond acceptors (Lipinski definition) is 5. The summed E-state index contributed by atoms with van der Waals surface area (Å²) in [6.07, 6.45) is 0. The van der Waals surface area contributed by atoms with Gasteiger partial charge in [-0.3, -0.25) is 13.9 Å². The van der Waals surface area contributed by atoms with Gasteiger partial charge < -0.3 is 15.0 Å². The van der Waals surface area contributed by atoms with E-state index in [4.69, 9.17) is 16.3 Å². The molecule has 214 valence electrons. The average Bonchev–Trinajstić information content (AvgIpc) is 2.90. The topological polar surface area (TPSA) is 96.0 Å².